The Morgan fingerprint density at radius 1 is 1.44 bits per heavy atom. The Balaban J connectivity index is 2.25. The van der Waals surface area contributed by atoms with Gasteiger partial charge < -0.3 is 9.55 Å². The van der Waals surface area contributed by atoms with Crippen LogP contribution in [0.5, 0.6) is 0 Å². The third-order valence-electron chi connectivity index (χ3n) is 3.91. The van der Waals surface area contributed by atoms with E-state index in [-0.39, 0.29) is 5.02 Å². The molecule has 2 unspecified atom stereocenters. The van der Waals surface area contributed by atoms with Crippen molar-refractivity contribution < 1.29 is 4.39 Å². The van der Waals surface area contributed by atoms with Crippen LogP contribution in [0.3, 0.4) is 0 Å². The van der Waals surface area contributed by atoms with Gasteiger partial charge in [0.15, 0.2) is 4.77 Å². The first kappa shape index (κ1) is 12.2. The van der Waals surface area contributed by atoms with Crippen molar-refractivity contribution in [3.05, 3.63) is 27.7 Å². The molecule has 1 N–H and O–H groups in total. The Kier molecular flexibility index (Phi) is 2.94. The average molecular weight is 285 g/mol. The molecule has 2 atom stereocenters. The molecule has 96 valence electrons. The predicted octanol–water partition coefficient (Wildman–Crippen LogP) is 4.85. The molecular weight excluding hydrogens is 271 g/mol. The molecule has 0 aliphatic heterocycles. The molecule has 5 heteroatoms. The summed E-state index contributed by atoms with van der Waals surface area (Å²) >= 11 is 11.2. The molecule has 0 saturated heterocycles. The fourth-order valence-corrected chi connectivity index (χ4v) is 3.47. The Labute approximate surface area is 115 Å². The molecule has 1 fully saturated rings. The van der Waals surface area contributed by atoms with Gasteiger partial charge in [-0.3, -0.25) is 0 Å². The molecule has 1 saturated carbocycles. The fraction of sp³-hybridized carbons (Fsp3) is 0.462. The van der Waals surface area contributed by atoms with Crippen LogP contribution in [0.25, 0.3) is 11.0 Å². The van der Waals surface area contributed by atoms with E-state index in [1.807, 2.05) is 0 Å². The lowest BCUT2D eigenvalue weighted by atomic mass is 10.1. The lowest BCUT2D eigenvalue weighted by Gasteiger charge is -2.18. The van der Waals surface area contributed by atoms with Crippen molar-refractivity contribution in [3.8, 4) is 0 Å². The van der Waals surface area contributed by atoms with Crippen molar-refractivity contribution in [2.45, 2.75) is 32.2 Å². The molecular formula is C13H14ClFN2S. The third-order valence-corrected chi connectivity index (χ3v) is 4.49. The highest BCUT2D eigenvalue weighted by Gasteiger charge is 2.27. The van der Waals surface area contributed by atoms with Gasteiger partial charge in [0.2, 0.25) is 0 Å². The van der Waals surface area contributed by atoms with Crippen LogP contribution < -0.4 is 0 Å². The van der Waals surface area contributed by atoms with E-state index in [9.17, 15) is 4.39 Å². The Morgan fingerprint density at radius 3 is 2.89 bits per heavy atom. The molecule has 3 rings (SSSR count). The van der Waals surface area contributed by atoms with E-state index < -0.39 is 5.82 Å². The van der Waals surface area contributed by atoms with Gasteiger partial charge in [0.05, 0.1) is 16.1 Å². The van der Waals surface area contributed by atoms with Crippen LogP contribution in [0.15, 0.2) is 12.1 Å². The first-order valence-electron chi connectivity index (χ1n) is 6.17. The van der Waals surface area contributed by atoms with Gasteiger partial charge in [-0.1, -0.05) is 24.9 Å². The van der Waals surface area contributed by atoms with Crippen LogP contribution in [-0.2, 0) is 0 Å². The van der Waals surface area contributed by atoms with Gasteiger partial charge in [-0.2, -0.15) is 0 Å². The minimum atomic E-state index is -0.391. The molecule has 0 spiro atoms. The maximum absolute atomic E-state index is 13.6. The Morgan fingerprint density at radius 2 is 2.22 bits per heavy atom. The van der Waals surface area contributed by atoms with Gasteiger partial charge in [0, 0.05) is 12.1 Å². The summed E-state index contributed by atoms with van der Waals surface area (Å²) in [7, 11) is 0. The molecule has 0 amide bonds. The van der Waals surface area contributed by atoms with Crippen LogP contribution in [0.2, 0.25) is 5.02 Å². The van der Waals surface area contributed by atoms with Crippen LogP contribution in [-0.4, -0.2) is 9.55 Å². The number of imidazole rings is 1. The van der Waals surface area contributed by atoms with E-state index in [2.05, 4.69) is 16.5 Å². The lowest BCUT2D eigenvalue weighted by molar-refractivity contribution is 0.412. The number of rotatable bonds is 1. The number of H-pyrrole nitrogens is 1. The maximum Gasteiger partial charge on any atom is 0.178 e. The average Bonchev–Trinajstić information content (AvgIpc) is 2.83. The predicted molar refractivity (Wildman–Crippen MR) is 74.1 cm³/mol. The largest absolute Gasteiger partial charge is 0.331 e. The van der Waals surface area contributed by atoms with Crippen molar-refractivity contribution in [1.29, 1.82) is 0 Å². The number of hydrogen-bond acceptors (Lipinski definition) is 1. The zero-order valence-electron chi connectivity index (χ0n) is 10.0. The van der Waals surface area contributed by atoms with Gasteiger partial charge >= 0.3 is 0 Å². The summed E-state index contributed by atoms with van der Waals surface area (Å²) in [5, 5.41) is 0.130. The molecule has 2 nitrogen and oxygen atoms in total. The molecule has 1 aliphatic rings. The second-order valence-electron chi connectivity index (χ2n) is 5.06. The summed E-state index contributed by atoms with van der Waals surface area (Å²) in [5.74, 6) is 0.187. The summed E-state index contributed by atoms with van der Waals surface area (Å²) in [6.07, 6.45) is 3.51. The summed E-state index contributed by atoms with van der Waals surface area (Å²) in [4.78, 5) is 3.12. The summed E-state index contributed by atoms with van der Waals surface area (Å²) in [6, 6.07) is 3.46. The Bertz CT molecular complexity index is 661. The third kappa shape index (κ3) is 1.79. The van der Waals surface area contributed by atoms with Gasteiger partial charge in [-0.05, 0) is 37.0 Å². The number of aromatic amines is 1. The number of nitrogens with one attached hydrogen (secondary N) is 1. The van der Waals surface area contributed by atoms with Crippen molar-refractivity contribution in [2.75, 3.05) is 0 Å². The van der Waals surface area contributed by atoms with E-state index >= 15 is 0 Å². The second kappa shape index (κ2) is 4.35. The first-order chi connectivity index (χ1) is 8.58. The normalized spacial score (nSPS) is 23.9. The van der Waals surface area contributed by atoms with Crippen LogP contribution >= 0.6 is 23.8 Å². The topological polar surface area (TPSA) is 20.7 Å². The van der Waals surface area contributed by atoms with Gasteiger partial charge in [0.1, 0.15) is 5.82 Å². The van der Waals surface area contributed by atoms with Crippen molar-refractivity contribution >= 4 is 34.9 Å². The molecule has 0 radical (unpaired) electrons. The smallest absolute Gasteiger partial charge is 0.178 e. The number of benzene rings is 1. The maximum atomic E-state index is 13.6. The van der Waals surface area contributed by atoms with Crippen molar-refractivity contribution in [1.82, 2.24) is 9.55 Å². The van der Waals surface area contributed by atoms with Gasteiger partial charge in [-0.15, -0.1) is 0 Å². The van der Waals surface area contributed by atoms with Crippen molar-refractivity contribution in [3.63, 3.8) is 0 Å². The number of hydrogen-bond donors (Lipinski definition) is 1. The zero-order chi connectivity index (χ0) is 12.9. The quantitative estimate of drug-likeness (QED) is 0.742. The SMILES string of the molecule is CC1CCCC1n1c(=S)[nH]c2cc(Cl)c(F)cc21. The summed E-state index contributed by atoms with van der Waals surface area (Å²) in [5.41, 5.74) is 1.63. The highest BCUT2D eigenvalue weighted by Crippen LogP contribution is 2.38. The van der Waals surface area contributed by atoms with Crippen LogP contribution in [0, 0.1) is 16.5 Å². The van der Waals surface area contributed by atoms with E-state index in [1.165, 1.54) is 18.9 Å². The second-order valence-corrected chi connectivity index (χ2v) is 5.85. The minimum absolute atomic E-state index is 0.130. The highest BCUT2D eigenvalue weighted by atomic mass is 35.5. The molecule has 0 bridgehead atoms. The zero-order valence-corrected chi connectivity index (χ0v) is 11.6. The van der Waals surface area contributed by atoms with Gasteiger partial charge in [-0.25, -0.2) is 4.39 Å². The van der Waals surface area contributed by atoms with Crippen LogP contribution in [0.4, 0.5) is 4.39 Å². The number of nitrogens with zero attached hydrogens (tertiary/aromatic N) is 1. The standard InChI is InChI=1S/C13H14ClFN2S/c1-7-3-2-4-11(7)17-12-6-9(15)8(14)5-10(12)16-13(17)18/h5-7,11H,2-4H2,1H3,(H,16,18). The van der Waals surface area contributed by atoms with Crippen molar-refractivity contribution in [2.24, 2.45) is 5.92 Å². The molecule has 1 heterocycles. The van der Waals surface area contributed by atoms with Crippen LogP contribution in [0.1, 0.15) is 32.2 Å². The Hall–Kier alpha value is -0.870. The molecule has 1 aromatic heterocycles. The van der Waals surface area contributed by atoms with E-state index in [4.69, 9.17) is 23.8 Å². The number of halogens is 2. The molecule has 1 aromatic carbocycles. The van der Waals surface area contributed by atoms with Gasteiger partial charge in [0.25, 0.3) is 0 Å². The first-order valence-corrected chi connectivity index (χ1v) is 6.96. The summed E-state index contributed by atoms with van der Waals surface area (Å²) in [6.45, 7) is 2.23. The monoisotopic (exact) mass is 284 g/mol. The molecule has 18 heavy (non-hydrogen) atoms. The fourth-order valence-electron chi connectivity index (χ4n) is 2.96. The van der Waals surface area contributed by atoms with E-state index in [0.717, 1.165) is 17.5 Å². The molecule has 1 aliphatic carbocycles. The lowest BCUT2D eigenvalue weighted by Crippen LogP contribution is -2.11. The number of aromatic nitrogens is 2. The van der Waals surface area contributed by atoms with E-state index in [1.54, 1.807) is 6.07 Å². The molecule has 2 aromatic rings. The highest BCUT2D eigenvalue weighted by molar-refractivity contribution is 7.71. The summed E-state index contributed by atoms with van der Waals surface area (Å²) < 4.78 is 16.3. The minimum Gasteiger partial charge on any atom is -0.331 e. The number of fused-ring (bicyclic) bond motifs is 1. The van der Waals surface area contributed by atoms with E-state index in [0.29, 0.717) is 16.7 Å².